The molecule has 6 nitrogen and oxygen atoms in total. The zero-order chi connectivity index (χ0) is 21.2. The molecule has 29 heavy (non-hydrogen) atoms. The number of benzene rings is 2. The normalized spacial score (nSPS) is 15.1. The molecule has 154 valence electrons. The third kappa shape index (κ3) is 4.94. The number of hydrogen-bond acceptors (Lipinski definition) is 5. The van der Waals surface area contributed by atoms with Gasteiger partial charge in [-0.25, -0.2) is 17.2 Å². The number of sulfone groups is 1. The maximum Gasteiger partial charge on any atom is 0.225 e. The Hall–Kier alpha value is -2.46. The standard InChI is InChI=1S/C19H18F2N2O4S2/c1-11(8-19(25)22-15-4-2-12(20)9-14(15)21)29(26,27)13-3-5-17-16(10-13)23-18(24)6-7-28-17/h2-5,9-11H,6-8H2,1H3,(H,22,25)(H,23,24)/t11-/m0/s1. The SMILES string of the molecule is C[C@@H](CC(=O)Nc1ccc(F)cc1F)S(=O)(=O)c1ccc2c(c1)NC(=O)CCS2. The number of carbonyl (C=O) groups is 2. The third-order valence-corrected chi connectivity index (χ3v) is 7.56. The Bertz CT molecular complexity index is 1070. The number of fused-ring (bicyclic) bond motifs is 1. The second-order valence-electron chi connectivity index (χ2n) is 6.54. The van der Waals surface area contributed by atoms with E-state index in [4.69, 9.17) is 0 Å². The first-order chi connectivity index (χ1) is 13.7. The van der Waals surface area contributed by atoms with Crippen molar-refractivity contribution in [3.8, 4) is 0 Å². The van der Waals surface area contributed by atoms with Gasteiger partial charge < -0.3 is 10.6 Å². The van der Waals surface area contributed by atoms with E-state index in [1.54, 1.807) is 6.07 Å². The summed E-state index contributed by atoms with van der Waals surface area (Å²) < 4.78 is 52.3. The Morgan fingerprint density at radius 2 is 2.00 bits per heavy atom. The monoisotopic (exact) mass is 440 g/mol. The molecule has 2 N–H and O–H groups in total. The Balaban J connectivity index is 1.75. The predicted octanol–water partition coefficient (Wildman–Crippen LogP) is 3.59. The summed E-state index contributed by atoms with van der Waals surface area (Å²) in [7, 11) is -3.88. The molecule has 3 rings (SSSR count). The van der Waals surface area contributed by atoms with Crippen molar-refractivity contribution < 1.29 is 26.8 Å². The molecule has 0 bridgehead atoms. The van der Waals surface area contributed by atoms with Crippen molar-refractivity contribution in [3.05, 3.63) is 48.0 Å². The molecule has 0 spiro atoms. The van der Waals surface area contributed by atoms with Crippen LogP contribution in [-0.4, -0.2) is 31.2 Å². The van der Waals surface area contributed by atoms with Crippen molar-refractivity contribution in [1.82, 2.24) is 0 Å². The largest absolute Gasteiger partial charge is 0.325 e. The van der Waals surface area contributed by atoms with Crippen LogP contribution in [0.2, 0.25) is 0 Å². The first-order valence-electron chi connectivity index (χ1n) is 8.72. The number of anilines is 2. The van der Waals surface area contributed by atoms with Crippen LogP contribution in [0, 0.1) is 11.6 Å². The summed E-state index contributed by atoms with van der Waals surface area (Å²) in [5.74, 6) is -2.05. The lowest BCUT2D eigenvalue weighted by Gasteiger charge is -2.15. The average molecular weight is 440 g/mol. The second kappa shape index (κ2) is 8.50. The molecule has 0 fully saturated rings. The summed E-state index contributed by atoms with van der Waals surface area (Å²) in [6.45, 7) is 1.37. The lowest BCUT2D eigenvalue weighted by molar-refractivity contribution is -0.116. The molecule has 2 aromatic carbocycles. The molecule has 0 unspecified atom stereocenters. The van der Waals surface area contributed by atoms with Crippen LogP contribution < -0.4 is 10.6 Å². The van der Waals surface area contributed by atoms with Gasteiger partial charge in [0.15, 0.2) is 9.84 Å². The number of halogens is 2. The number of hydrogen-bond donors (Lipinski definition) is 2. The fraction of sp³-hybridized carbons (Fsp3) is 0.263. The summed E-state index contributed by atoms with van der Waals surface area (Å²) in [4.78, 5) is 24.6. The van der Waals surface area contributed by atoms with Gasteiger partial charge in [0.1, 0.15) is 11.6 Å². The van der Waals surface area contributed by atoms with Gasteiger partial charge >= 0.3 is 0 Å². The molecule has 2 amide bonds. The first-order valence-corrected chi connectivity index (χ1v) is 11.3. The van der Waals surface area contributed by atoms with Crippen LogP contribution in [0.4, 0.5) is 20.2 Å². The smallest absolute Gasteiger partial charge is 0.225 e. The van der Waals surface area contributed by atoms with Crippen molar-refractivity contribution in [2.75, 3.05) is 16.4 Å². The zero-order valence-corrected chi connectivity index (χ0v) is 17.0. The minimum atomic E-state index is -3.88. The summed E-state index contributed by atoms with van der Waals surface area (Å²) in [5, 5.41) is 3.83. The molecule has 0 saturated heterocycles. The molecular weight excluding hydrogens is 422 g/mol. The predicted molar refractivity (Wildman–Crippen MR) is 107 cm³/mol. The fourth-order valence-corrected chi connectivity index (χ4v) is 5.08. The van der Waals surface area contributed by atoms with E-state index in [0.717, 1.165) is 17.0 Å². The number of rotatable bonds is 5. The summed E-state index contributed by atoms with van der Waals surface area (Å²) >= 11 is 1.45. The topological polar surface area (TPSA) is 92.3 Å². The lowest BCUT2D eigenvalue weighted by atomic mass is 10.2. The van der Waals surface area contributed by atoms with Crippen LogP contribution >= 0.6 is 11.8 Å². The number of thioether (sulfide) groups is 1. The van der Waals surface area contributed by atoms with E-state index in [-0.39, 0.29) is 16.5 Å². The van der Waals surface area contributed by atoms with Crippen LogP contribution in [0.1, 0.15) is 19.8 Å². The number of carbonyl (C=O) groups excluding carboxylic acids is 2. The lowest BCUT2D eigenvalue weighted by Crippen LogP contribution is -2.25. The van der Waals surface area contributed by atoms with Crippen molar-refractivity contribution in [3.63, 3.8) is 0 Å². The molecule has 1 atom stereocenters. The molecule has 2 aromatic rings. The summed E-state index contributed by atoms with van der Waals surface area (Å²) in [6, 6.07) is 7.12. The van der Waals surface area contributed by atoms with E-state index < -0.39 is 39.0 Å². The molecule has 1 aliphatic heterocycles. The maximum atomic E-state index is 13.7. The van der Waals surface area contributed by atoms with Crippen molar-refractivity contribution in [2.45, 2.75) is 34.8 Å². The second-order valence-corrected chi connectivity index (χ2v) is 10.0. The molecule has 1 heterocycles. The summed E-state index contributed by atoms with van der Waals surface area (Å²) in [6.07, 6.45) is -0.0880. The number of amides is 2. The Morgan fingerprint density at radius 3 is 2.72 bits per heavy atom. The Morgan fingerprint density at radius 1 is 1.24 bits per heavy atom. The highest BCUT2D eigenvalue weighted by Crippen LogP contribution is 2.33. The van der Waals surface area contributed by atoms with E-state index in [1.165, 1.54) is 30.8 Å². The highest BCUT2D eigenvalue weighted by Gasteiger charge is 2.27. The fourth-order valence-electron chi connectivity index (χ4n) is 2.77. The molecule has 0 radical (unpaired) electrons. The zero-order valence-electron chi connectivity index (χ0n) is 15.4. The molecule has 0 aliphatic carbocycles. The van der Waals surface area contributed by atoms with Crippen LogP contribution in [0.25, 0.3) is 0 Å². The van der Waals surface area contributed by atoms with Crippen molar-refractivity contribution in [1.29, 1.82) is 0 Å². The van der Waals surface area contributed by atoms with Gasteiger partial charge in [-0.1, -0.05) is 0 Å². The van der Waals surface area contributed by atoms with E-state index >= 15 is 0 Å². The van der Waals surface area contributed by atoms with Crippen LogP contribution in [0.5, 0.6) is 0 Å². The van der Waals surface area contributed by atoms with Gasteiger partial charge in [-0.2, -0.15) is 0 Å². The van der Waals surface area contributed by atoms with Crippen molar-refractivity contribution >= 4 is 44.8 Å². The van der Waals surface area contributed by atoms with Gasteiger partial charge in [0.2, 0.25) is 11.8 Å². The van der Waals surface area contributed by atoms with Gasteiger partial charge in [-0.05, 0) is 37.3 Å². The van der Waals surface area contributed by atoms with E-state index in [9.17, 15) is 26.8 Å². The van der Waals surface area contributed by atoms with Crippen LogP contribution in [0.3, 0.4) is 0 Å². The Labute approximate surface area is 171 Å². The summed E-state index contributed by atoms with van der Waals surface area (Å²) in [5.41, 5.74) is 0.189. The third-order valence-electron chi connectivity index (χ3n) is 4.35. The maximum absolute atomic E-state index is 13.7. The average Bonchev–Trinajstić information content (AvgIpc) is 2.83. The Kier molecular flexibility index (Phi) is 6.23. The van der Waals surface area contributed by atoms with Gasteiger partial charge in [0.05, 0.1) is 21.5 Å². The minimum Gasteiger partial charge on any atom is -0.325 e. The quantitative estimate of drug-likeness (QED) is 0.741. The molecular formula is C19H18F2N2O4S2. The van der Waals surface area contributed by atoms with Crippen LogP contribution in [0.15, 0.2) is 46.2 Å². The highest BCUT2D eigenvalue weighted by molar-refractivity contribution is 7.99. The molecule has 0 saturated carbocycles. The van der Waals surface area contributed by atoms with Crippen LogP contribution in [-0.2, 0) is 19.4 Å². The molecule has 1 aliphatic rings. The molecule has 10 heteroatoms. The van der Waals surface area contributed by atoms with E-state index in [0.29, 0.717) is 23.9 Å². The highest BCUT2D eigenvalue weighted by atomic mass is 32.2. The first kappa shape index (κ1) is 21.3. The number of nitrogens with one attached hydrogen (secondary N) is 2. The van der Waals surface area contributed by atoms with Crippen molar-refractivity contribution in [2.24, 2.45) is 0 Å². The van der Waals surface area contributed by atoms with E-state index in [1.807, 2.05) is 0 Å². The van der Waals surface area contributed by atoms with Gasteiger partial charge in [0, 0.05) is 29.6 Å². The molecule has 0 aromatic heterocycles. The van der Waals surface area contributed by atoms with Gasteiger partial charge in [-0.3, -0.25) is 9.59 Å². The van der Waals surface area contributed by atoms with E-state index in [2.05, 4.69) is 10.6 Å². The minimum absolute atomic E-state index is 0.0210. The van der Waals surface area contributed by atoms with Gasteiger partial charge in [0.25, 0.3) is 0 Å². The van der Waals surface area contributed by atoms with Gasteiger partial charge in [-0.15, -0.1) is 11.8 Å².